The van der Waals surface area contributed by atoms with E-state index in [4.69, 9.17) is 4.74 Å². The van der Waals surface area contributed by atoms with Gasteiger partial charge in [0.05, 0.1) is 0 Å². The lowest BCUT2D eigenvalue weighted by atomic mass is 10.1. The minimum atomic E-state index is -0.898. The Morgan fingerprint density at radius 3 is 2.60 bits per heavy atom. The van der Waals surface area contributed by atoms with Crippen LogP contribution in [0, 0.1) is 12.7 Å². The minimum Gasteiger partial charge on any atom is -0.448 e. The SMILES string of the molecule is CCCc1cc(C(=O)O[C@H](C)C(=O)NCc2ccc(F)cc2)sc1C. The maximum absolute atomic E-state index is 12.9. The number of nitrogens with one attached hydrogen (secondary N) is 1. The smallest absolute Gasteiger partial charge is 0.349 e. The lowest BCUT2D eigenvalue weighted by molar-refractivity contribution is -0.129. The highest BCUT2D eigenvalue weighted by Crippen LogP contribution is 2.23. The summed E-state index contributed by atoms with van der Waals surface area (Å²) in [6, 6.07) is 7.69. The summed E-state index contributed by atoms with van der Waals surface area (Å²) in [6.07, 6.45) is 1.03. The molecule has 25 heavy (non-hydrogen) atoms. The second-order valence-electron chi connectivity index (χ2n) is 5.83. The highest BCUT2D eigenvalue weighted by Gasteiger charge is 2.20. The third-order valence-electron chi connectivity index (χ3n) is 3.77. The van der Waals surface area contributed by atoms with Crippen LogP contribution in [0.4, 0.5) is 4.39 Å². The van der Waals surface area contributed by atoms with Gasteiger partial charge in [0.1, 0.15) is 10.7 Å². The molecule has 6 heteroatoms. The molecule has 134 valence electrons. The van der Waals surface area contributed by atoms with Gasteiger partial charge >= 0.3 is 5.97 Å². The van der Waals surface area contributed by atoms with E-state index in [9.17, 15) is 14.0 Å². The number of carbonyl (C=O) groups excluding carboxylic acids is 2. The van der Waals surface area contributed by atoms with Crippen LogP contribution in [0.25, 0.3) is 0 Å². The lowest BCUT2D eigenvalue weighted by Crippen LogP contribution is -2.35. The van der Waals surface area contributed by atoms with Crippen LogP contribution < -0.4 is 5.32 Å². The lowest BCUT2D eigenvalue weighted by Gasteiger charge is -2.13. The summed E-state index contributed by atoms with van der Waals surface area (Å²) >= 11 is 1.39. The molecule has 1 amide bonds. The van der Waals surface area contributed by atoms with E-state index in [1.807, 2.05) is 13.0 Å². The van der Waals surface area contributed by atoms with Crippen molar-refractivity contribution in [2.24, 2.45) is 0 Å². The molecule has 0 unspecified atom stereocenters. The van der Waals surface area contributed by atoms with Crippen molar-refractivity contribution in [1.82, 2.24) is 5.32 Å². The van der Waals surface area contributed by atoms with Crippen molar-refractivity contribution >= 4 is 23.2 Å². The van der Waals surface area contributed by atoms with Crippen molar-refractivity contribution in [1.29, 1.82) is 0 Å². The van der Waals surface area contributed by atoms with Gasteiger partial charge in [-0.2, -0.15) is 0 Å². The summed E-state index contributed by atoms with van der Waals surface area (Å²) < 4.78 is 18.1. The molecule has 0 spiro atoms. The number of esters is 1. The monoisotopic (exact) mass is 363 g/mol. The Bertz CT molecular complexity index is 740. The molecule has 1 N–H and O–H groups in total. The topological polar surface area (TPSA) is 55.4 Å². The first-order valence-corrected chi connectivity index (χ1v) is 9.04. The summed E-state index contributed by atoms with van der Waals surface area (Å²) in [5.74, 6) is -1.20. The van der Waals surface area contributed by atoms with Gasteiger partial charge in [0.15, 0.2) is 6.10 Å². The van der Waals surface area contributed by atoms with Crippen molar-refractivity contribution in [2.75, 3.05) is 0 Å². The fourth-order valence-electron chi connectivity index (χ4n) is 2.35. The molecular formula is C19H22FNO3S. The van der Waals surface area contributed by atoms with Gasteiger partial charge in [-0.15, -0.1) is 11.3 Å². The van der Waals surface area contributed by atoms with Crippen LogP contribution in [0.15, 0.2) is 30.3 Å². The quantitative estimate of drug-likeness (QED) is 0.756. The van der Waals surface area contributed by atoms with Crippen molar-refractivity contribution < 1.29 is 18.7 Å². The fraction of sp³-hybridized carbons (Fsp3) is 0.368. The van der Waals surface area contributed by atoms with Crippen LogP contribution in [0.2, 0.25) is 0 Å². The molecule has 0 aliphatic heterocycles. The number of thiophene rings is 1. The van der Waals surface area contributed by atoms with Crippen molar-refractivity contribution in [3.8, 4) is 0 Å². The number of hydrogen-bond acceptors (Lipinski definition) is 4. The Morgan fingerprint density at radius 1 is 1.28 bits per heavy atom. The van der Waals surface area contributed by atoms with Gasteiger partial charge in [-0.25, -0.2) is 9.18 Å². The van der Waals surface area contributed by atoms with Crippen molar-refractivity contribution in [2.45, 2.75) is 46.3 Å². The molecule has 2 aromatic rings. The third-order valence-corrected chi connectivity index (χ3v) is 4.85. The van der Waals surface area contributed by atoms with E-state index in [0.717, 1.165) is 28.8 Å². The zero-order valence-corrected chi connectivity index (χ0v) is 15.4. The summed E-state index contributed by atoms with van der Waals surface area (Å²) in [7, 11) is 0. The van der Waals surface area contributed by atoms with Gasteiger partial charge in [0.25, 0.3) is 5.91 Å². The van der Waals surface area contributed by atoms with Gasteiger partial charge < -0.3 is 10.1 Å². The van der Waals surface area contributed by atoms with Gasteiger partial charge in [0, 0.05) is 11.4 Å². The van der Waals surface area contributed by atoms with Gasteiger partial charge in [-0.1, -0.05) is 25.5 Å². The maximum atomic E-state index is 12.9. The van der Waals surface area contributed by atoms with E-state index in [2.05, 4.69) is 12.2 Å². The molecule has 1 aromatic carbocycles. The first-order valence-electron chi connectivity index (χ1n) is 8.23. The van der Waals surface area contributed by atoms with Crippen LogP contribution >= 0.6 is 11.3 Å². The average molecular weight is 363 g/mol. The van der Waals surface area contributed by atoms with Crippen LogP contribution in [-0.4, -0.2) is 18.0 Å². The summed E-state index contributed by atoms with van der Waals surface area (Å²) in [5.41, 5.74) is 1.92. The predicted molar refractivity (Wildman–Crippen MR) is 96.2 cm³/mol. The molecule has 0 saturated heterocycles. The van der Waals surface area contributed by atoms with Crippen molar-refractivity contribution in [3.63, 3.8) is 0 Å². The number of halogens is 1. The number of carbonyl (C=O) groups is 2. The Morgan fingerprint density at radius 2 is 1.96 bits per heavy atom. The van der Waals surface area contributed by atoms with Crippen LogP contribution in [-0.2, 0) is 22.5 Å². The van der Waals surface area contributed by atoms with E-state index in [0.29, 0.717) is 4.88 Å². The first kappa shape index (κ1) is 19.1. The van der Waals surface area contributed by atoms with Crippen LogP contribution in [0.3, 0.4) is 0 Å². The van der Waals surface area contributed by atoms with E-state index < -0.39 is 12.1 Å². The second-order valence-corrected chi connectivity index (χ2v) is 7.09. The number of amides is 1. The normalized spacial score (nSPS) is 11.8. The number of benzene rings is 1. The summed E-state index contributed by atoms with van der Waals surface area (Å²) in [5, 5.41) is 2.68. The number of hydrogen-bond donors (Lipinski definition) is 1. The molecule has 2 rings (SSSR count). The van der Waals surface area contributed by atoms with Crippen LogP contribution in [0.1, 0.15) is 45.9 Å². The largest absolute Gasteiger partial charge is 0.448 e. The highest BCUT2D eigenvalue weighted by molar-refractivity contribution is 7.14. The number of rotatable bonds is 7. The van der Waals surface area contributed by atoms with E-state index in [-0.39, 0.29) is 18.3 Å². The van der Waals surface area contributed by atoms with Gasteiger partial charge in [0.2, 0.25) is 0 Å². The van der Waals surface area contributed by atoms with Gasteiger partial charge in [-0.3, -0.25) is 4.79 Å². The highest BCUT2D eigenvalue weighted by atomic mass is 32.1. The van der Waals surface area contributed by atoms with E-state index >= 15 is 0 Å². The predicted octanol–water partition coefficient (Wildman–Crippen LogP) is 4.01. The Labute approximate surface area is 151 Å². The third kappa shape index (κ3) is 5.39. The van der Waals surface area contributed by atoms with E-state index in [1.165, 1.54) is 30.4 Å². The molecule has 0 aliphatic rings. The molecular weight excluding hydrogens is 341 g/mol. The molecule has 0 aliphatic carbocycles. The van der Waals surface area contributed by atoms with Crippen molar-refractivity contribution in [3.05, 3.63) is 57.0 Å². The molecule has 0 bridgehead atoms. The molecule has 1 heterocycles. The van der Waals surface area contributed by atoms with Crippen LogP contribution in [0.5, 0.6) is 0 Å². The molecule has 0 fully saturated rings. The number of aryl methyl sites for hydroxylation is 2. The first-order chi connectivity index (χ1) is 11.9. The summed E-state index contributed by atoms with van der Waals surface area (Å²) in [4.78, 5) is 25.9. The molecule has 1 aromatic heterocycles. The zero-order valence-electron chi connectivity index (χ0n) is 14.6. The molecule has 0 radical (unpaired) electrons. The molecule has 4 nitrogen and oxygen atoms in total. The summed E-state index contributed by atoms with van der Waals surface area (Å²) in [6.45, 7) is 5.85. The standard InChI is InChI=1S/C19H22FNO3S/c1-4-5-15-10-17(25-13(15)3)19(23)24-12(2)18(22)21-11-14-6-8-16(20)9-7-14/h6-10,12H,4-5,11H2,1-3H3,(H,21,22)/t12-/m1/s1. The fourth-order valence-corrected chi connectivity index (χ4v) is 3.30. The zero-order chi connectivity index (χ0) is 18.4. The molecule has 0 saturated carbocycles. The Balaban J connectivity index is 1.88. The molecule has 1 atom stereocenters. The Kier molecular flexibility index (Phi) is 6.70. The maximum Gasteiger partial charge on any atom is 0.349 e. The van der Waals surface area contributed by atoms with Gasteiger partial charge in [-0.05, 0) is 49.6 Å². The second kappa shape index (κ2) is 8.76. The number of ether oxygens (including phenoxy) is 1. The average Bonchev–Trinajstić information content (AvgIpc) is 2.95. The minimum absolute atomic E-state index is 0.250. The Hall–Kier alpha value is -2.21. The van der Waals surface area contributed by atoms with E-state index in [1.54, 1.807) is 12.1 Å².